The Kier molecular flexibility index (Phi) is 14.6. The van der Waals surface area contributed by atoms with Gasteiger partial charge in [-0.1, -0.05) is 21.6 Å². The van der Waals surface area contributed by atoms with Gasteiger partial charge in [-0.25, -0.2) is 10.2 Å². The van der Waals surface area contributed by atoms with E-state index < -0.39 is 17.9 Å². The number of aliphatic carboxylic acids is 1. The number of rotatable bonds is 15. The lowest BCUT2D eigenvalue weighted by Gasteiger charge is -2.13. The molecule has 2 amide bonds. The average molecular weight is 433 g/mol. The molecule has 0 aliphatic heterocycles. The first-order valence-corrected chi connectivity index (χ1v) is 10.8. The number of amides is 2. The van der Waals surface area contributed by atoms with Gasteiger partial charge in [-0.15, -0.1) is 0 Å². The smallest absolute Gasteiger partial charge is 0.326 e. The van der Waals surface area contributed by atoms with E-state index in [0.29, 0.717) is 5.75 Å². The van der Waals surface area contributed by atoms with Gasteiger partial charge in [-0.05, 0) is 19.6 Å². The van der Waals surface area contributed by atoms with E-state index in [4.69, 9.17) is 5.11 Å². The molecule has 0 saturated heterocycles. The van der Waals surface area contributed by atoms with Crippen LogP contribution in [0.1, 0.15) is 33.1 Å². The quantitative estimate of drug-likeness (QED) is 0.146. The molecule has 1 atom stereocenters. The molecule has 0 aliphatic carbocycles. The van der Waals surface area contributed by atoms with E-state index in [-0.39, 0.29) is 49.0 Å². The Balaban J connectivity index is 4.04. The van der Waals surface area contributed by atoms with Crippen LogP contribution in [0.15, 0.2) is 10.1 Å². The second-order valence-electron chi connectivity index (χ2n) is 5.36. The number of hydrazone groups is 1. The van der Waals surface area contributed by atoms with Crippen molar-refractivity contribution < 1.29 is 29.1 Å². The minimum Gasteiger partial charge on any atom is -0.480 e. The van der Waals surface area contributed by atoms with Gasteiger partial charge >= 0.3 is 5.97 Å². The Morgan fingerprint density at radius 3 is 2.46 bits per heavy atom. The molecule has 0 fully saturated rings. The molecular formula is C16H24N4O6S2. The van der Waals surface area contributed by atoms with Crippen LogP contribution in [0.3, 0.4) is 0 Å². The summed E-state index contributed by atoms with van der Waals surface area (Å²) in [5, 5.41) is 15.0. The van der Waals surface area contributed by atoms with Gasteiger partial charge in [-0.2, -0.15) is 5.10 Å². The second-order valence-corrected chi connectivity index (χ2v) is 7.94. The Bertz CT molecular complexity index is 624. The van der Waals surface area contributed by atoms with Crippen molar-refractivity contribution in [1.29, 1.82) is 0 Å². The monoisotopic (exact) mass is 432 g/mol. The number of carbonyl (C=O) groups is 5. The number of Topliss-reactive ketones (excluding diaryl/α,β-unsaturated/α-hetero) is 2. The van der Waals surface area contributed by atoms with Crippen LogP contribution in [0.25, 0.3) is 0 Å². The highest BCUT2D eigenvalue weighted by molar-refractivity contribution is 8.76. The number of nitrogens with zero attached hydrogens (tertiary/aromatic N) is 2. The first-order chi connectivity index (χ1) is 13.3. The van der Waals surface area contributed by atoms with E-state index in [1.165, 1.54) is 34.7 Å². The summed E-state index contributed by atoms with van der Waals surface area (Å²) < 4.78 is 0. The summed E-state index contributed by atoms with van der Waals surface area (Å²) in [7, 11) is 2.46. The van der Waals surface area contributed by atoms with Crippen molar-refractivity contribution in [2.75, 3.05) is 18.1 Å². The molecule has 0 saturated carbocycles. The number of carboxylic acid groups (broad SMARTS) is 1. The van der Waals surface area contributed by atoms with Gasteiger partial charge in [0, 0.05) is 25.5 Å². The summed E-state index contributed by atoms with van der Waals surface area (Å²) in [6, 6.07) is -1.14. The first kappa shape index (κ1) is 25.8. The highest BCUT2D eigenvalue weighted by atomic mass is 33.1. The van der Waals surface area contributed by atoms with Crippen LogP contribution in [-0.4, -0.2) is 71.0 Å². The Morgan fingerprint density at radius 2 is 1.86 bits per heavy atom. The van der Waals surface area contributed by atoms with Crippen LogP contribution in [-0.2, 0) is 24.0 Å². The molecule has 156 valence electrons. The lowest BCUT2D eigenvalue weighted by atomic mass is 10.1. The van der Waals surface area contributed by atoms with Crippen molar-refractivity contribution >= 4 is 63.4 Å². The number of carbonyl (C=O) groups excluding carboxylic acids is 4. The molecule has 28 heavy (non-hydrogen) atoms. The Morgan fingerprint density at radius 1 is 1.14 bits per heavy atom. The van der Waals surface area contributed by atoms with E-state index in [9.17, 15) is 24.0 Å². The fraction of sp³-hybridized carbons (Fsp3) is 0.562. The van der Waals surface area contributed by atoms with Crippen LogP contribution in [0.4, 0.5) is 0 Å². The molecular weight excluding hydrogens is 408 g/mol. The summed E-state index contributed by atoms with van der Waals surface area (Å²) in [4.78, 5) is 60.4. The van der Waals surface area contributed by atoms with Crippen molar-refractivity contribution in [3.63, 3.8) is 0 Å². The maximum atomic E-state index is 11.8. The normalized spacial score (nSPS) is 12.1. The largest absolute Gasteiger partial charge is 0.480 e. The predicted molar refractivity (Wildman–Crippen MR) is 110 cm³/mol. The van der Waals surface area contributed by atoms with E-state index in [0.717, 1.165) is 6.21 Å². The number of hydrogen-bond acceptors (Lipinski definition) is 9. The molecule has 10 nitrogen and oxygen atoms in total. The molecule has 1 unspecified atom stereocenters. The zero-order valence-corrected chi connectivity index (χ0v) is 17.3. The van der Waals surface area contributed by atoms with E-state index in [1.807, 2.05) is 0 Å². The van der Waals surface area contributed by atoms with Gasteiger partial charge in [0.1, 0.15) is 6.04 Å². The summed E-state index contributed by atoms with van der Waals surface area (Å²) in [5.41, 5.74) is 2.12. The minimum atomic E-state index is -1.21. The fourth-order valence-electron chi connectivity index (χ4n) is 1.63. The van der Waals surface area contributed by atoms with Crippen molar-refractivity contribution in [3.05, 3.63) is 0 Å². The topological polar surface area (TPSA) is 154 Å². The molecule has 0 aromatic heterocycles. The Hall–Kier alpha value is -2.21. The van der Waals surface area contributed by atoms with E-state index in [1.54, 1.807) is 6.92 Å². The number of hydrogen-bond donors (Lipinski definition) is 3. The van der Waals surface area contributed by atoms with Gasteiger partial charge < -0.3 is 10.4 Å². The number of ketones is 2. The van der Waals surface area contributed by atoms with Crippen molar-refractivity contribution in [2.45, 2.75) is 39.2 Å². The average Bonchev–Trinajstić information content (AvgIpc) is 2.62. The number of carboxylic acids is 1. The maximum absolute atomic E-state index is 11.8. The third-order valence-electron chi connectivity index (χ3n) is 2.93. The second kappa shape index (κ2) is 15.8. The SMILES string of the molecule is CC=NCC(=O)CCC(NC(=O)CSSCCC(=O)/C=N/NC(C)=O)C(=O)O. The van der Waals surface area contributed by atoms with Gasteiger partial charge in [0.05, 0.1) is 18.5 Å². The summed E-state index contributed by atoms with van der Waals surface area (Å²) in [6.07, 6.45) is 2.71. The van der Waals surface area contributed by atoms with Crippen molar-refractivity contribution in [3.8, 4) is 0 Å². The van der Waals surface area contributed by atoms with Crippen LogP contribution in [0, 0.1) is 0 Å². The summed E-state index contributed by atoms with van der Waals surface area (Å²) in [5.74, 6) is -2.08. The van der Waals surface area contributed by atoms with Crippen LogP contribution in [0.5, 0.6) is 0 Å². The standard InChI is InChI=1S/C16H24N4O6S2/c1-3-17-8-12(22)4-5-14(16(25)26)19-15(24)10-28-27-7-6-13(23)9-18-20-11(2)21/h3,9,14H,4-8,10H2,1-2H3,(H,19,24)(H,20,21)(H,25,26)/b17-3?,18-9+. The van der Waals surface area contributed by atoms with Crippen LogP contribution in [0.2, 0.25) is 0 Å². The van der Waals surface area contributed by atoms with Crippen LogP contribution >= 0.6 is 21.6 Å². The zero-order valence-electron chi connectivity index (χ0n) is 15.7. The number of nitrogens with one attached hydrogen (secondary N) is 2. The van der Waals surface area contributed by atoms with Gasteiger partial charge in [0.2, 0.25) is 11.8 Å². The predicted octanol–water partition coefficient (Wildman–Crippen LogP) is 0.458. The minimum absolute atomic E-state index is 0.000907. The molecule has 0 rings (SSSR count). The third-order valence-corrected chi connectivity index (χ3v) is 5.20. The van der Waals surface area contributed by atoms with Crippen LogP contribution < -0.4 is 10.7 Å². The van der Waals surface area contributed by atoms with Gasteiger partial charge in [0.15, 0.2) is 11.6 Å². The molecule has 0 spiro atoms. The van der Waals surface area contributed by atoms with E-state index in [2.05, 4.69) is 20.8 Å². The molecule has 0 aromatic carbocycles. The molecule has 3 N–H and O–H groups in total. The molecule has 0 heterocycles. The van der Waals surface area contributed by atoms with Gasteiger partial charge in [0.25, 0.3) is 0 Å². The van der Waals surface area contributed by atoms with Gasteiger partial charge in [-0.3, -0.25) is 24.2 Å². The molecule has 0 bridgehead atoms. The highest BCUT2D eigenvalue weighted by Crippen LogP contribution is 2.21. The number of aliphatic imine (C=N–C) groups is 1. The molecule has 12 heteroatoms. The molecule has 0 aliphatic rings. The fourth-order valence-corrected chi connectivity index (χ4v) is 3.48. The molecule has 0 aromatic rings. The first-order valence-electron chi connectivity index (χ1n) is 8.31. The summed E-state index contributed by atoms with van der Waals surface area (Å²) in [6.45, 7) is 2.95. The molecule has 0 radical (unpaired) electrons. The lowest BCUT2D eigenvalue weighted by molar-refractivity contribution is -0.141. The van der Waals surface area contributed by atoms with E-state index >= 15 is 0 Å². The zero-order chi connectivity index (χ0) is 21.4. The third kappa shape index (κ3) is 14.9. The highest BCUT2D eigenvalue weighted by Gasteiger charge is 2.20. The maximum Gasteiger partial charge on any atom is 0.326 e. The van der Waals surface area contributed by atoms with Crippen molar-refractivity contribution in [2.24, 2.45) is 10.1 Å². The summed E-state index contributed by atoms with van der Waals surface area (Å²) >= 11 is 0. The Labute approximate surface area is 170 Å². The lowest BCUT2D eigenvalue weighted by Crippen LogP contribution is -2.41. The van der Waals surface area contributed by atoms with Crippen molar-refractivity contribution in [1.82, 2.24) is 10.7 Å².